The molecule has 2 nitrogen and oxygen atoms in total. The highest BCUT2D eigenvalue weighted by Gasteiger charge is 2.20. The number of halogens is 1. The van der Waals surface area contributed by atoms with Crippen molar-refractivity contribution in [2.75, 3.05) is 13.1 Å². The molecule has 2 heterocycles. The Hall–Kier alpha value is -0.410. The first-order valence-corrected chi connectivity index (χ1v) is 4.47. The number of hydrogen-bond donors (Lipinski definition) is 1. The summed E-state index contributed by atoms with van der Waals surface area (Å²) in [4.78, 5) is 4.09. The molecule has 1 aromatic heterocycles. The summed E-state index contributed by atoms with van der Waals surface area (Å²) in [6.07, 6.45) is 3.75. The van der Waals surface area contributed by atoms with Gasteiger partial charge in [0, 0.05) is 35.9 Å². The van der Waals surface area contributed by atoms with E-state index < -0.39 is 0 Å². The molecule has 58 valence electrons. The monoisotopic (exact) mass is 212 g/mol. The molecule has 3 heteroatoms. The maximum Gasteiger partial charge on any atom is 0.0314 e. The van der Waals surface area contributed by atoms with Crippen LogP contribution in [0.25, 0.3) is 0 Å². The van der Waals surface area contributed by atoms with Crippen LogP contribution in [-0.2, 0) is 0 Å². The summed E-state index contributed by atoms with van der Waals surface area (Å²) in [6, 6.07) is 1.99. The van der Waals surface area contributed by atoms with Crippen molar-refractivity contribution in [1.82, 2.24) is 10.3 Å². The average molecular weight is 213 g/mol. The van der Waals surface area contributed by atoms with Crippen molar-refractivity contribution in [2.24, 2.45) is 0 Å². The molecular weight excluding hydrogens is 204 g/mol. The van der Waals surface area contributed by atoms with Gasteiger partial charge in [-0.1, -0.05) is 15.9 Å². The van der Waals surface area contributed by atoms with E-state index in [4.69, 9.17) is 0 Å². The van der Waals surface area contributed by atoms with Gasteiger partial charge in [-0.3, -0.25) is 4.98 Å². The van der Waals surface area contributed by atoms with Gasteiger partial charge in [-0.05, 0) is 11.6 Å². The number of nitrogens with zero attached hydrogens (tertiary/aromatic N) is 1. The summed E-state index contributed by atoms with van der Waals surface area (Å²) in [6.45, 7) is 2.18. The van der Waals surface area contributed by atoms with Crippen molar-refractivity contribution in [3.8, 4) is 0 Å². The third-order valence-corrected chi connectivity index (χ3v) is 2.74. The standard InChI is InChI=1S/C8H9BrN2/c9-8-1-2-10-5-7(8)6-3-11-4-6/h1-2,5-6,11H,3-4H2. The molecule has 0 radical (unpaired) electrons. The maximum absolute atomic E-state index is 4.09. The second-order valence-corrected chi connectivity index (χ2v) is 3.61. The van der Waals surface area contributed by atoms with Crippen LogP contribution >= 0.6 is 15.9 Å². The van der Waals surface area contributed by atoms with Crippen molar-refractivity contribution < 1.29 is 0 Å². The van der Waals surface area contributed by atoms with Gasteiger partial charge in [0.2, 0.25) is 0 Å². The number of aromatic nitrogens is 1. The number of pyridine rings is 1. The lowest BCUT2D eigenvalue weighted by atomic mass is 9.95. The van der Waals surface area contributed by atoms with Crippen LogP contribution in [0, 0.1) is 0 Å². The zero-order chi connectivity index (χ0) is 7.68. The fourth-order valence-corrected chi connectivity index (χ4v) is 1.74. The Kier molecular flexibility index (Phi) is 1.92. The Morgan fingerprint density at radius 3 is 2.91 bits per heavy atom. The van der Waals surface area contributed by atoms with Crippen LogP contribution in [0.5, 0.6) is 0 Å². The van der Waals surface area contributed by atoms with Gasteiger partial charge in [0.05, 0.1) is 0 Å². The van der Waals surface area contributed by atoms with E-state index in [1.54, 1.807) is 6.20 Å². The molecule has 1 saturated heterocycles. The van der Waals surface area contributed by atoms with Crippen molar-refractivity contribution in [1.29, 1.82) is 0 Å². The molecular formula is C8H9BrN2. The molecule has 1 aliphatic rings. The first kappa shape index (κ1) is 7.25. The molecule has 0 unspecified atom stereocenters. The summed E-state index contributed by atoms with van der Waals surface area (Å²) < 4.78 is 1.18. The van der Waals surface area contributed by atoms with Crippen molar-refractivity contribution in [2.45, 2.75) is 5.92 Å². The molecule has 0 aliphatic carbocycles. The predicted molar refractivity (Wildman–Crippen MR) is 47.5 cm³/mol. The van der Waals surface area contributed by atoms with Gasteiger partial charge in [0.1, 0.15) is 0 Å². The SMILES string of the molecule is Brc1ccncc1C1CNC1. The molecule has 1 N–H and O–H groups in total. The van der Waals surface area contributed by atoms with E-state index in [0.717, 1.165) is 13.1 Å². The number of rotatable bonds is 1. The lowest BCUT2D eigenvalue weighted by Gasteiger charge is -2.27. The highest BCUT2D eigenvalue weighted by molar-refractivity contribution is 9.10. The molecule has 0 bridgehead atoms. The highest BCUT2D eigenvalue weighted by Crippen LogP contribution is 2.26. The first-order chi connectivity index (χ1) is 5.38. The molecule has 0 spiro atoms. The number of hydrogen-bond acceptors (Lipinski definition) is 2. The highest BCUT2D eigenvalue weighted by atomic mass is 79.9. The lowest BCUT2D eigenvalue weighted by Crippen LogP contribution is -2.40. The van der Waals surface area contributed by atoms with E-state index in [0.29, 0.717) is 5.92 Å². The van der Waals surface area contributed by atoms with Gasteiger partial charge in [-0.2, -0.15) is 0 Å². The zero-order valence-corrected chi connectivity index (χ0v) is 7.63. The fraction of sp³-hybridized carbons (Fsp3) is 0.375. The largest absolute Gasteiger partial charge is 0.315 e. The molecule has 1 aliphatic heterocycles. The normalized spacial score (nSPS) is 17.9. The third-order valence-electron chi connectivity index (χ3n) is 2.02. The molecule has 0 amide bonds. The molecule has 2 rings (SSSR count). The first-order valence-electron chi connectivity index (χ1n) is 3.68. The van der Waals surface area contributed by atoms with E-state index in [-0.39, 0.29) is 0 Å². The average Bonchev–Trinajstić information content (AvgIpc) is 1.90. The Balaban J connectivity index is 2.28. The van der Waals surface area contributed by atoms with E-state index >= 15 is 0 Å². The second-order valence-electron chi connectivity index (χ2n) is 2.75. The van der Waals surface area contributed by atoms with Gasteiger partial charge < -0.3 is 5.32 Å². The van der Waals surface area contributed by atoms with Gasteiger partial charge in [0.15, 0.2) is 0 Å². The van der Waals surface area contributed by atoms with E-state index in [1.807, 2.05) is 12.3 Å². The zero-order valence-electron chi connectivity index (χ0n) is 6.05. The minimum atomic E-state index is 0.665. The van der Waals surface area contributed by atoms with Crippen LogP contribution in [0.15, 0.2) is 22.9 Å². The molecule has 1 aromatic rings. The molecule has 1 fully saturated rings. The van der Waals surface area contributed by atoms with Gasteiger partial charge in [-0.25, -0.2) is 0 Å². The summed E-state index contributed by atoms with van der Waals surface area (Å²) in [5.41, 5.74) is 1.33. The second kappa shape index (κ2) is 2.91. The Morgan fingerprint density at radius 1 is 1.55 bits per heavy atom. The van der Waals surface area contributed by atoms with Crippen LogP contribution in [-0.4, -0.2) is 18.1 Å². The summed E-state index contributed by atoms with van der Waals surface area (Å²) in [7, 11) is 0. The van der Waals surface area contributed by atoms with Crippen molar-refractivity contribution in [3.63, 3.8) is 0 Å². The Labute approximate surface area is 74.2 Å². The quantitative estimate of drug-likeness (QED) is 0.765. The van der Waals surface area contributed by atoms with Crippen LogP contribution < -0.4 is 5.32 Å². The predicted octanol–water partition coefficient (Wildman–Crippen LogP) is 1.53. The molecule has 0 aromatic carbocycles. The van der Waals surface area contributed by atoms with Crippen molar-refractivity contribution >= 4 is 15.9 Å². The van der Waals surface area contributed by atoms with E-state index in [2.05, 4.69) is 26.2 Å². The van der Waals surface area contributed by atoms with Crippen LogP contribution in [0.3, 0.4) is 0 Å². The minimum Gasteiger partial charge on any atom is -0.315 e. The third kappa shape index (κ3) is 1.30. The summed E-state index contributed by atoms with van der Waals surface area (Å²) >= 11 is 3.50. The van der Waals surface area contributed by atoms with Crippen LogP contribution in [0.1, 0.15) is 11.5 Å². The maximum atomic E-state index is 4.09. The van der Waals surface area contributed by atoms with Gasteiger partial charge in [0.25, 0.3) is 0 Å². The molecule has 11 heavy (non-hydrogen) atoms. The summed E-state index contributed by atoms with van der Waals surface area (Å²) in [5.74, 6) is 0.665. The lowest BCUT2D eigenvalue weighted by molar-refractivity contribution is 0.446. The molecule has 0 atom stereocenters. The summed E-state index contributed by atoms with van der Waals surface area (Å²) in [5, 5.41) is 3.24. The fourth-order valence-electron chi connectivity index (χ4n) is 1.20. The van der Waals surface area contributed by atoms with Gasteiger partial charge in [-0.15, -0.1) is 0 Å². The van der Waals surface area contributed by atoms with Crippen molar-refractivity contribution in [3.05, 3.63) is 28.5 Å². The smallest absolute Gasteiger partial charge is 0.0314 e. The van der Waals surface area contributed by atoms with Crippen LogP contribution in [0.4, 0.5) is 0 Å². The van der Waals surface area contributed by atoms with Gasteiger partial charge >= 0.3 is 0 Å². The van der Waals surface area contributed by atoms with Crippen LogP contribution in [0.2, 0.25) is 0 Å². The number of nitrogens with one attached hydrogen (secondary N) is 1. The Bertz CT molecular complexity index is 258. The topological polar surface area (TPSA) is 24.9 Å². The van der Waals surface area contributed by atoms with E-state index in [1.165, 1.54) is 10.0 Å². The molecule has 0 saturated carbocycles. The minimum absolute atomic E-state index is 0.665. The van der Waals surface area contributed by atoms with E-state index in [9.17, 15) is 0 Å². The Morgan fingerprint density at radius 2 is 2.36 bits per heavy atom.